The van der Waals surface area contributed by atoms with Crippen molar-refractivity contribution in [3.63, 3.8) is 0 Å². The van der Waals surface area contributed by atoms with Crippen LogP contribution in [-0.4, -0.2) is 37.1 Å². The van der Waals surface area contributed by atoms with Gasteiger partial charge in [0.05, 0.1) is 0 Å². The van der Waals surface area contributed by atoms with Crippen LogP contribution < -0.4 is 5.32 Å². The third kappa shape index (κ3) is 4.19. The van der Waals surface area contributed by atoms with Crippen molar-refractivity contribution in [3.05, 3.63) is 0 Å². The summed E-state index contributed by atoms with van der Waals surface area (Å²) in [5, 5.41) is 3.65. The molecule has 112 valence electrons. The standard InChI is InChI=1S/C17H34N2/c1-4-17(10-7-11-18-13-17)14-19(12-15(2)3)16-8-5-6-9-16/h15-16,18H,4-14H2,1-3H3. The predicted molar refractivity (Wildman–Crippen MR) is 83.5 cm³/mol. The Kier molecular flexibility index (Phi) is 5.70. The van der Waals surface area contributed by atoms with Gasteiger partial charge in [0, 0.05) is 25.7 Å². The SMILES string of the molecule is CCC1(CN(CC(C)C)C2CCCC2)CCCNC1. The van der Waals surface area contributed by atoms with Crippen LogP contribution in [0.3, 0.4) is 0 Å². The van der Waals surface area contributed by atoms with Gasteiger partial charge in [0.15, 0.2) is 0 Å². The third-order valence-electron chi connectivity index (χ3n) is 5.29. The first kappa shape index (κ1) is 15.3. The Balaban J connectivity index is 2.00. The van der Waals surface area contributed by atoms with Gasteiger partial charge in [0.2, 0.25) is 0 Å². The quantitative estimate of drug-likeness (QED) is 0.789. The van der Waals surface area contributed by atoms with Crippen molar-refractivity contribution in [2.75, 3.05) is 26.2 Å². The van der Waals surface area contributed by atoms with Crippen LogP contribution in [0.4, 0.5) is 0 Å². The van der Waals surface area contributed by atoms with E-state index < -0.39 is 0 Å². The van der Waals surface area contributed by atoms with Crippen molar-refractivity contribution >= 4 is 0 Å². The molecule has 0 aromatic rings. The molecule has 2 fully saturated rings. The van der Waals surface area contributed by atoms with Gasteiger partial charge in [-0.25, -0.2) is 0 Å². The molecular formula is C17H34N2. The zero-order valence-electron chi connectivity index (χ0n) is 13.4. The molecule has 2 rings (SSSR count). The molecule has 0 aromatic carbocycles. The van der Waals surface area contributed by atoms with Gasteiger partial charge in [-0.1, -0.05) is 33.6 Å². The lowest BCUT2D eigenvalue weighted by Gasteiger charge is -2.43. The number of nitrogens with one attached hydrogen (secondary N) is 1. The summed E-state index contributed by atoms with van der Waals surface area (Å²) >= 11 is 0. The Hall–Kier alpha value is -0.0800. The monoisotopic (exact) mass is 266 g/mol. The van der Waals surface area contributed by atoms with E-state index in [0.717, 1.165) is 12.0 Å². The minimum Gasteiger partial charge on any atom is -0.316 e. The summed E-state index contributed by atoms with van der Waals surface area (Å²) in [6.45, 7) is 12.3. The molecule has 1 unspecified atom stereocenters. The average molecular weight is 266 g/mol. The Morgan fingerprint density at radius 3 is 2.47 bits per heavy atom. The van der Waals surface area contributed by atoms with Crippen LogP contribution in [0.1, 0.15) is 65.7 Å². The average Bonchev–Trinajstić information content (AvgIpc) is 2.92. The Morgan fingerprint density at radius 2 is 1.95 bits per heavy atom. The van der Waals surface area contributed by atoms with E-state index in [1.807, 2.05) is 0 Å². The summed E-state index contributed by atoms with van der Waals surface area (Å²) < 4.78 is 0. The van der Waals surface area contributed by atoms with Crippen molar-refractivity contribution < 1.29 is 0 Å². The van der Waals surface area contributed by atoms with Gasteiger partial charge in [-0.05, 0) is 50.0 Å². The number of hydrogen-bond acceptors (Lipinski definition) is 2. The molecule has 2 nitrogen and oxygen atoms in total. The lowest BCUT2D eigenvalue weighted by Crippen LogP contribution is -2.50. The molecule has 0 aromatic heterocycles. The van der Waals surface area contributed by atoms with E-state index in [9.17, 15) is 0 Å². The summed E-state index contributed by atoms with van der Waals surface area (Å²) in [7, 11) is 0. The highest BCUT2D eigenvalue weighted by Crippen LogP contribution is 2.34. The molecular weight excluding hydrogens is 232 g/mol. The highest BCUT2D eigenvalue weighted by Gasteiger charge is 2.35. The second kappa shape index (κ2) is 7.08. The Labute approximate surface area is 120 Å². The fraction of sp³-hybridized carbons (Fsp3) is 1.00. The minimum absolute atomic E-state index is 0.551. The molecule has 2 aliphatic rings. The molecule has 1 heterocycles. The Bertz CT molecular complexity index is 250. The van der Waals surface area contributed by atoms with E-state index >= 15 is 0 Å². The normalized spacial score (nSPS) is 29.5. The van der Waals surface area contributed by atoms with Crippen molar-refractivity contribution in [2.45, 2.75) is 71.8 Å². The number of hydrogen-bond donors (Lipinski definition) is 1. The predicted octanol–water partition coefficient (Wildman–Crippen LogP) is 3.67. The largest absolute Gasteiger partial charge is 0.316 e. The highest BCUT2D eigenvalue weighted by atomic mass is 15.2. The first-order valence-corrected chi connectivity index (χ1v) is 8.60. The fourth-order valence-electron chi connectivity index (χ4n) is 4.09. The van der Waals surface area contributed by atoms with Gasteiger partial charge in [0.1, 0.15) is 0 Å². The summed E-state index contributed by atoms with van der Waals surface area (Å²) in [5.41, 5.74) is 0.551. The number of nitrogens with zero attached hydrogens (tertiary/aromatic N) is 1. The van der Waals surface area contributed by atoms with E-state index in [4.69, 9.17) is 0 Å². The lowest BCUT2D eigenvalue weighted by molar-refractivity contribution is 0.0737. The van der Waals surface area contributed by atoms with Crippen LogP contribution in [0.25, 0.3) is 0 Å². The summed E-state index contributed by atoms with van der Waals surface area (Å²) in [6, 6.07) is 0.882. The van der Waals surface area contributed by atoms with Crippen molar-refractivity contribution in [3.8, 4) is 0 Å². The van der Waals surface area contributed by atoms with Crippen molar-refractivity contribution in [1.29, 1.82) is 0 Å². The molecule has 1 aliphatic heterocycles. The molecule has 0 spiro atoms. The second-order valence-corrected chi connectivity index (χ2v) is 7.40. The Morgan fingerprint density at radius 1 is 1.21 bits per heavy atom. The zero-order chi connectivity index (χ0) is 13.7. The van der Waals surface area contributed by atoms with E-state index in [1.54, 1.807) is 0 Å². The zero-order valence-corrected chi connectivity index (χ0v) is 13.4. The van der Waals surface area contributed by atoms with Crippen LogP contribution in [0.2, 0.25) is 0 Å². The molecule has 19 heavy (non-hydrogen) atoms. The number of piperidine rings is 1. The summed E-state index contributed by atoms with van der Waals surface area (Å²) in [4.78, 5) is 2.86. The van der Waals surface area contributed by atoms with E-state index in [1.165, 1.54) is 71.1 Å². The molecule has 1 atom stereocenters. The van der Waals surface area contributed by atoms with Crippen molar-refractivity contribution in [2.24, 2.45) is 11.3 Å². The fourth-order valence-corrected chi connectivity index (χ4v) is 4.09. The van der Waals surface area contributed by atoms with Crippen LogP contribution >= 0.6 is 0 Å². The maximum atomic E-state index is 3.65. The molecule has 0 bridgehead atoms. The number of rotatable bonds is 6. The summed E-state index contributed by atoms with van der Waals surface area (Å²) in [6.07, 6.45) is 9.93. The van der Waals surface area contributed by atoms with Gasteiger partial charge in [0.25, 0.3) is 0 Å². The molecule has 1 saturated heterocycles. The van der Waals surface area contributed by atoms with Gasteiger partial charge in [-0.3, -0.25) is 4.90 Å². The van der Waals surface area contributed by atoms with Gasteiger partial charge >= 0.3 is 0 Å². The topological polar surface area (TPSA) is 15.3 Å². The van der Waals surface area contributed by atoms with E-state index in [-0.39, 0.29) is 0 Å². The third-order valence-corrected chi connectivity index (χ3v) is 5.29. The first-order valence-electron chi connectivity index (χ1n) is 8.60. The van der Waals surface area contributed by atoms with E-state index in [0.29, 0.717) is 5.41 Å². The van der Waals surface area contributed by atoms with Crippen molar-refractivity contribution in [1.82, 2.24) is 10.2 Å². The van der Waals surface area contributed by atoms with Gasteiger partial charge in [-0.15, -0.1) is 0 Å². The van der Waals surface area contributed by atoms with Crippen LogP contribution in [0.5, 0.6) is 0 Å². The molecule has 1 N–H and O–H groups in total. The van der Waals surface area contributed by atoms with Crippen LogP contribution in [0.15, 0.2) is 0 Å². The molecule has 2 heteroatoms. The van der Waals surface area contributed by atoms with Crippen LogP contribution in [-0.2, 0) is 0 Å². The summed E-state index contributed by atoms with van der Waals surface area (Å²) in [5.74, 6) is 0.797. The van der Waals surface area contributed by atoms with Crippen LogP contribution in [0, 0.1) is 11.3 Å². The highest BCUT2D eigenvalue weighted by molar-refractivity contribution is 4.90. The molecule has 0 radical (unpaired) electrons. The smallest absolute Gasteiger partial charge is 0.00956 e. The second-order valence-electron chi connectivity index (χ2n) is 7.40. The maximum absolute atomic E-state index is 3.65. The maximum Gasteiger partial charge on any atom is 0.00956 e. The van der Waals surface area contributed by atoms with Gasteiger partial charge < -0.3 is 5.32 Å². The minimum atomic E-state index is 0.551. The molecule has 0 amide bonds. The molecule has 1 aliphatic carbocycles. The van der Waals surface area contributed by atoms with Gasteiger partial charge in [-0.2, -0.15) is 0 Å². The lowest BCUT2D eigenvalue weighted by atomic mass is 9.77. The molecule has 1 saturated carbocycles. The van der Waals surface area contributed by atoms with E-state index in [2.05, 4.69) is 31.0 Å². The first-order chi connectivity index (χ1) is 9.15.